The number of piperidine rings is 1. The van der Waals surface area contributed by atoms with Crippen LogP contribution < -0.4 is 5.32 Å². The van der Waals surface area contributed by atoms with Crippen LogP contribution in [-0.4, -0.2) is 34.8 Å². The van der Waals surface area contributed by atoms with Gasteiger partial charge in [-0.3, -0.25) is 14.6 Å². The fourth-order valence-corrected chi connectivity index (χ4v) is 2.99. The second-order valence-corrected chi connectivity index (χ2v) is 6.06. The molecule has 0 aromatic carbocycles. The third-order valence-electron chi connectivity index (χ3n) is 4.36. The van der Waals surface area contributed by atoms with Gasteiger partial charge in [-0.05, 0) is 37.5 Å². The maximum Gasteiger partial charge on any atom is 0.257 e. The Morgan fingerprint density at radius 1 is 1.42 bits per heavy atom. The predicted molar refractivity (Wildman–Crippen MR) is 88.2 cm³/mol. The number of likely N-dealkylation sites (tertiary alicyclic amines) is 1. The van der Waals surface area contributed by atoms with Gasteiger partial charge in [0.1, 0.15) is 5.76 Å². The molecule has 0 unspecified atom stereocenters. The van der Waals surface area contributed by atoms with Crippen LogP contribution in [0.15, 0.2) is 41.3 Å². The number of hydrogen-bond acceptors (Lipinski definition) is 4. The lowest BCUT2D eigenvalue weighted by Crippen LogP contribution is -2.45. The Bertz CT molecular complexity index is 711. The van der Waals surface area contributed by atoms with Crippen molar-refractivity contribution < 1.29 is 14.0 Å². The van der Waals surface area contributed by atoms with E-state index in [0.29, 0.717) is 31.0 Å². The minimum absolute atomic E-state index is 0.0136. The topological polar surface area (TPSA) is 75.4 Å². The molecule has 3 heterocycles. The summed E-state index contributed by atoms with van der Waals surface area (Å²) in [6, 6.07) is 5.45. The summed E-state index contributed by atoms with van der Waals surface area (Å²) >= 11 is 0. The van der Waals surface area contributed by atoms with Crippen LogP contribution in [0.2, 0.25) is 0 Å². The molecule has 2 amide bonds. The molecule has 2 aromatic heterocycles. The third kappa shape index (κ3) is 3.64. The smallest absolute Gasteiger partial charge is 0.257 e. The molecule has 0 spiro atoms. The quantitative estimate of drug-likeness (QED) is 0.933. The van der Waals surface area contributed by atoms with Gasteiger partial charge in [0.15, 0.2) is 0 Å². The zero-order valence-electron chi connectivity index (χ0n) is 13.7. The summed E-state index contributed by atoms with van der Waals surface area (Å²) in [7, 11) is 0. The Balaban J connectivity index is 1.58. The lowest BCUT2D eigenvalue weighted by Gasteiger charge is -2.32. The van der Waals surface area contributed by atoms with Gasteiger partial charge < -0.3 is 14.6 Å². The summed E-state index contributed by atoms with van der Waals surface area (Å²) in [5.41, 5.74) is 1.54. The molecule has 126 valence electrons. The number of aromatic nitrogens is 1. The third-order valence-corrected chi connectivity index (χ3v) is 4.36. The summed E-state index contributed by atoms with van der Waals surface area (Å²) < 4.78 is 5.21. The number of amides is 2. The maximum atomic E-state index is 12.6. The van der Waals surface area contributed by atoms with Crippen molar-refractivity contribution in [3.8, 4) is 0 Å². The lowest BCUT2D eigenvalue weighted by atomic mass is 9.96. The van der Waals surface area contributed by atoms with Crippen molar-refractivity contribution >= 4 is 11.8 Å². The van der Waals surface area contributed by atoms with Crippen molar-refractivity contribution in [2.24, 2.45) is 5.92 Å². The Hall–Kier alpha value is -2.63. The van der Waals surface area contributed by atoms with E-state index in [1.54, 1.807) is 30.3 Å². The van der Waals surface area contributed by atoms with Crippen LogP contribution in [0, 0.1) is 12.8 Å². The SMILES string of the molecule is Cc1occc1C(=O)N1CCC[C@@H](C(=O)NCc2cccnc2)C1. The fourth-order valence-electron chi connectivity index (χ4n) is 2.99. The number of nitrogens with one attached hydrogen (secondary N) is 1. The molecule has 1 fully saturated rings. The molecule has 0 aliphatic carbocycles. The van der Waals surface area contributed by atoms with E-state index in [-0.39, 0.29) is 17.7 Å². The Labute approximate surface area is 140 Å². The standard InChI is InChI=1S/C18H21N3O3/c1-13-16(6-9-24-13)18(23)21-8-3-5-15(12-21)17(22)20-11-14-4-2-7-19-10-14/h2,4,6-7,9-10,15H,3,5,8,11-12H2,1H3,(H,20,22)/t15-/m1/s1. The second-order valence-electron chi connectivity index (χ2n) is 6.06. The van der Waals surface area contributed by atoms with E-state index < -0.39 is 0 Å². The highest BCUT2D eigenvalue weighted by Crippen LogP contribution is 2.20. The predicted octanol–water partition coefficient (Wildman–Crippen LogP) is 2.15. The number of carbonyl (C=O) groups is 2. The van der Waals surface area contributed by atoms with E-state index in [1.165, 1.54) is 6.26 Å². The number of hydrogen-bond donors (Lipinski definition) is 1. The van der Waals surface area contributed by atoms with Gasteiger partial charge in [0.05, 0.1) is 17.7 Å². The average Bonchev–Trinajstić information content (AvgIpc) is 3.06. The zero-order chi connectivity index (χ0) is 16.9. The number of nitrogens with zero attached hydrogens (tertiary/aromatic N) is 2. The van der Waals surface area contributed by atoms with Crippen LogP contribution in [-0.2, 0) is 11.3 Å². The van der Waals surface area contributed by atoms with E-state index in [0.717, 1.165) is 18.4 Å². The molecule has 1 atom stereocenters. The Morgan fingerprint density at radius 2 is 2.29 bits per heavy atom. The number of pyridine rings is 1. The van der Waals surface area contributed by atoms with Gasteiger partial charge in [-0.2, -0.15) is 0 Å². The van der Waals surface area contributed by atoms with Gasteiger partial charge in [0.25, 0.3) is 5.91 Å². The fraction of sp³-hybridized carbons (Fsp3) is 0.389. The van der Waals surface area contributed by atoms with Gasteiger partial charge in [-0.15, -0.1) is 0 Å². The van der Waals surface area contributed by atoms with Crippen LogP contribution in [0.4, 0.5) is 0 Å². The number of aryl methyl sites for hydroxylation is 1. The van der Waals surface area contributed by atoms with Crippen LogP contribution in [0.5, 0.6) is 0 Å². The highest BCUT2D eigenvalue weighted by atomic mass is 16.3. The van der Waals surface area contributed by atoms with Crippen LogP contribution >= 0.6 is 0 Å². The van der Waals surface area contributed by atoms with Gasteiger partial charge in [-0.1, -0.05) is 6.07 Å². The second kappa shape index (κ2) is 7.29. The highest BCUT2D eigenvalue weighted by Gasteiger charge is 2.29. The largest absolute Gasteiger partial charge is 0.469 e. The summed E-state index contributed by atoms with van der Waals surface area (Å²) in [5.74, 6) is 0.362. The lowest BCUT2D eigenvalue weighted by molar-refractivity contribution is -0.126. The molecule has 24 heavy (non-hydrogen) atoms. The van der Waals surface area contributed by atoms with Crippen molar-refractivity contribution in [2.75, 3.05) is 13.1 Å². The molecule has 1 N–H and O–H groups in total. The monoisotopic (exact) mass is 327 g/mol. The van der Waals surface area contributed by atoms with Gasteiger partial charge in [0.2, 0.25) is 5.91 Å². The summed E-state index contributed by atoms with van der Waals surface area (Å²) in [5, 5.41) is 2.94. The van der Waals surface area contributed by atoms with E-state index in [2.05, 4.69) is 10.3 Å². The van der Waals surface area contributed by atoms with Crippen molar-refractivity contribution in [3.63, 3.8) is 0 Å². The molecule has 0 saturated carbocycles. The van der Waals surface area contributed by atoms with E-state index in [4.69, 9.17) is 4.42 Å². The number of rotatable bonds is 4. The number of carbonyl (C=O) groups excluding carboxylic acids is 2. The van der Waals surface area contributed by atoms with Crippen molar-refractivity contribution in [2.45, 2.75) is 26.3 Å². The normalized spacial score (nSPS) is 17.5. The van der Waals surface area contributed by atoms with Gasteiger partial charge in [-0.25, -0.2) is 0 Å². The van der Waals surface area contributed by atoms with Crippen molar-refractivity contribution in [1.29, 1.82) is 0 Å². The molecule has 0 radical (unpaired) electrons. The minimum Gasteiger partial charge on any atom is -0.469 e. The molecular weight excluding hydrogens is 306 g/mol. The van der Waals surface area contributed by atoms with Gasteiger partial charge >= 0.3 is 0 Å². The highest BCUT2D eigenvalue weighted by molar-refractivity contribution is 5.95. The van der Waals surface area contributed by atoms with Crippen LogP contribution in [0.1, 0.15) is 34.5 Å². The zero-order valence-corrected chi connectivity index (χ0v) is 13.7. The summed E-state index contributed by atoms with van der Waals surface area (Å²) in [6.07, 6.45) is 6.58. The molecule has 1 aliphatic heterocycles. The molecule has 2 aromatic rings. The first-order valence-electron chi connectivity index (χ1n) is 8.15. The Kier molecular flexibility index (Phi) is 4.93. The average molecular weight is 327 g/mol. The van der Waals surface area contributed by atoms with E-state index in [1.807, 2.05) is 12.1 Å². The van der Waals surface area contributed by atoms with E-state index >= 15 is 0 Å². The molecule has 1 aliphatic rings. The Morgan fingerprint density at radius 3 is 3.00 bits per heavy atom. The van der Waals surface area contributed by atoms with E-state index in [9.17, 15) is 9.59 Å². The van der Waals surface area contributed by atoms with Crippen LogP contribution in [0.25, 0.3) is 0 Å². The first-order chi connectivity index (χ1) is 11.6. The molecular formula is C18H21N3O3. The molecule has 3 rings (SSSR count). The summed E-state index contributed by atoms with van der Waals surface area (Å²) in [4.78, 5) is 30.7. The van der Waals surface area contributed by atoms with Crippen molar-refractivity contribution in [1.82, 2.24) is 15.2 Å². The number of furan rings is 1. The maximum absolute atomic E-state index is 12.6. The summed E-state index contributed by atoms with van der Waals surface area (Å²) in [6.45, 7) is 3.35. The minimum atomic E-state index is -0.174. The molecule has 0 bridgehead atoms. The van der Waals surface area contributed by atoms with Crippen molar-refractivity contribution in [3.05, 3.63) is 53.7 Å². The van der Waals surface area contributed by atoms with Gasteiger partial charge in [0, 0.05) is 32.0 Å². The molecule has 6 nitrogen and oxygen atoms in total. The first-order valence-corrected chi connectivity index (χ1v) is 8.15. The van der Waals surface area contributed by atoms with Crippen LogP contribution in [0.3, 0.4) is 0 Å². The first kappa shape index (κ1) is 16.2. The molecule has 6 heteroatoms. The molecule has 1 saturated heterocycles.